The Morgan fingerprint density at radius 3 is 2.41 bits per heavy atom. The first-order valence-corrected chi connectivity index (χ1v) is 8.83. The average molecular weight is 369 g/mol. The van der Waals surface area contributed by atoms with Crippen LogP contribution in [-0.4, -0.2) is 47.6 Å². The third-order valence-electron chi connectivity index (χ3n) is 4.75. The number of nitrogens with zero attached hydrogens (tertiary/aromatic N) is 2. The SMILES string of the molecule is Cc1ccc(C(=O)Nc2cc(C(=O)N3CCOCC3)cn(C)c2=O)cc1C. The molecule has 1 N–H and O–H groups in total. The molecule has 3 rings (SSSR count). The molecule has 0 saturated carbocycles. The normalized spacial score (nSPS) is 14.1. The van der Waals surface area contributed by atoms with Gasteiger partial charge in [0, 0.05) is 31.9 Å². The number of hydrogen-bond acceptors (Lipinski definition) is 4. The number of ether oxygens (including phenoxy) is 1. The van der Waals surface area contributed by atoms with E-state index in [-0.39, 0.29) is 23.1 Å². The third-order valence-corrected chi connectivity index (χ3v) is 4.75. The molecule has 27 heavy (non-hydrogen) atoms. The Bertz CT molecular complexity index is 943. The fraction of sp³-hybridized carbons (Fsp3) is 0.350. The Kier molecular flexibility index (Phi) is 5.41. The van der Waals surface area contributed by atoms with Crippen molar-refractivity contribution in [2.24, 2.45) is 7.05 Å². The lowest BCUT2D eigenvalue weighted by molar-refractivity contribution is 0.0302. The summed E-state index contributed by atoms with van der Waals surface area (Å²) in [5.74, 6) is -0.568. The molecular formula is C20H23N3O4. The monoisotopic (exact) mass is 369 g/mol. The summed E-state index contributed by atoms with van der Waals surface area (Å²) in [4.78, 5) is 39.3. The van der Waals surface area contributed by atoms with Gasteiger partial charge in [0.25, 0.3) is 17.4 Å². The van der Waals surface area contributed by atoms with E-state index in [0.29, 0.717) is 37.4 Å². The Morgan fingerprint density at radius 1 is 1.04 bits per heavy atom. The van der Waals surface area contributed by atoms with E-state index in [9.17, 15) is 14.4 Å². The maximum atomic E-state index is 12.7. The maximum absolute atomic E-state index is 12.7. The molecule has 2 amide bonds. The van der Waals surface area contributed by atoms with Crippen molar-refractivity contribution >= 4 is 17.5 Å². The number of nitrogens with one attached hydrogen (secondary N) is 1. The second-order valence-corrected chi connectivity index (χ2v) is 6.72. The van der Waals surface area contributed by atoms with E-state index in [1.54, 1.807) is 24.1 Å². The molecular weight excluding hydrogens is 346 g/mol. The summed E-state index contributed by atoms with van der Waals surface area (Å²) in [5.41, 5.74) is 2.61. The minimum Gasteiger partial charge on any atom is -0.378 e. The highest BCUT2D eigenvalue weighted by atomic mass is 16.5. The van der Waals surface area contributed by atoms with Gasteiger partial charge < -0.3 is 19.5 Å². The third kappa shape index (κ3) is 4.09. The first-order chi connectivity index (χ1) is 12.9. The van der Waals surface area contributed by atoms with Crippen LogP contribution in [0.1, 0.15) is 31.8 Å². The van der Waals surface area contributed by atoms with Crippen molar-refractivity contribution in [3.63, 3.8) is 0 Å². The highest BCUT2D eigenvalue weighted by Gasteiger charge is 2.21. The maximum Gasteiger partial charge on any atom is 0.274 e. The van der Waals surface area contributed by atoms with E-state index >= 15 is 0 Å². The van der Waals surface area contributed by atoms with Crippen molar-refractivity contribution < 1.29 is 14.3 Å². The quantitative estimate of drug-likeness (QED) is 0.893. The number of benzene rings is 1. The van der Waals surface area contributed by atoms with E-state index < -0.39 is 0 Å². The van der Waals surface area contributed by atoms with E-state index in [0.717, 1.165) is 11.1 Å². The lowest BCUT2D eigenvalue weighted by Gasteiger charge is -2.27. The summed E-state index contributed by atoms with van der Waals surface area (Å²) in [7, 11) is 1.56. The summed E-state index contributed by atoms with van der Waals surface area (Å²) in [6, 6.07) is 6.79. The van der Waals surface area contributed by atoms with Crippen molar-refractivity contribution in [2.45, 2.75) is 13.8 Å². The van der Waals surface area contributed by atoms with Crippen LogP contribution in [0.3, 0.4) is 0 Å². The molecule has 0 spiro atoms. The van der Waals surface area contributed by atoms with Gasteiger partial charge in [-0.3, -0.25) is 14.4 Å². The van der Waals surface area contributed by atoms with Crippen LogP contribution in [0.4, 0.5) is 5.69 Å². The highest BCUT2D eigenvalue weighted by molar-refractivity contribution is 6.05. The fourth-order valence-electron chi connectivity index (χ4n) is 2.94. The van der Waals surface area contributed by atoms with Gasteiger partial charge in [0.05, 0.1) is 18.8 Å². The molecule has 0 unspecified atom stereocenters. The first-order valence-electron chi connectivity index (χ1n) is 8.83. The summed E-state index contributed by atoms with van der Waals surface area (Å²) in [5, 5.41) is 2.64. The van der Waals surface area contributed by atoms with Crippen LogP contribution >= 0.6 is 0 Å². The average Bonchev–Trinajstić information content (AvgIpc) is 2.67. The fourth-order valence-corrected chi connectivity index (χ4v) is 2.94. The molecule has 0 aliphatic carbocycles. The number of morpholine rings is 1. The van der Waals surface area contributed by atoms with Gasteiger partial charge in [-0.05, 0) is 43.2 Å². The van der Waals surface area contributed by atoms with Gasteiger partial charge in [0.1, 0.15) is 5.69 Å². The number of carbonyl (C=O) groups excluding carboxylic acids is 2. The molecule has 0 radical (unpaired) electrons. The van der Waals surface area contributed by atoms with Gasteiger partial charge >= 0.3 is 0 Å². The topological polar surface area (TPSA) is 80.6 Å². The van der Waals surface area contributed by atoms with Crippen LogP contribution in [-0.2, 0) is 11.8 Å². The second-order valence-electron chi connectivity index (χ2n) is 6.72. The zero-order chi connectivity index (χ0) is 19.6. The van der Waals surface area contributed by atoms with Crippen LogP contribution in [0.25, 0.3) is 0 Å². The molecule has 7 heteroatoms. The summed E-state index contributed by atoms with van der Waals surface area (Å²) >= 11 is 0. The Labute approximate surface area is 157 Å². The van der Waals surface area contributed by atoms with Gasteiger partial charge in [0.15, 0.2) is 0 Å². The second kappa shape index (κ2) is 7.75. The van der Waals surface area contributed by atoms with Crippen LogP contribution in [0.2, 0.25) is 0 Å². The molecule has 1 fully saturated rings. The Balaban J connectivity index is 1.87. The van der Waals surface area contributed by atoms with Crippen LogP contribution in [0, 0.1) is 13.8 Å². The number of amides is 2. The Hall–Kier alpha value is -2.93. The molecule has 7 nitrogen and oxygen atoms in total. The largest absolute Gasteiger partial charge is 0.378 e. The highest BCUT2D eigenvalue weighted by Crippen LogP contribution is 2.14. The minimum atomic E-state index is -0.383. The summed E-state index contributed by atoms with van der Waals surface area (Å²) in [6.07, 6.45) is 1.49. The van der Waals surface area contributed by atoms with Gasteiger partial charge in [-0.2, -0.15) is 0 Å². The molecule has 1 aliphatic heterocycles. The number of hydrogen-bond donors (Lipinski definition) is 1. The smallest absolute Gasteiger partial charge is 0.274 e. The van der Waals surface area contributed by atoms with E-state index in [2.05, 4.69) is 5.32 Å². The number of aromatic nitrogens is 1. The zero-order valence-electron chi connectivity index (χ0n) is 15.7. The molecule has 2 aromatic rings. The van der Waals surface area contributed by atoms with Crippen molar-refractivity contribution in [3.05, 3.63) is 63.1 Å². The predicted molar refractivity (Wildman–Crippen MR) is 102 cm³/mol. The van der Waals surface area contributed by atoms with Gasteiger partial charge in [-0.15, -0.1) is 0 Å². The van der Waals surface area contributed by atoms with Crippen LogP contribution in [0.5, 0.6) is 0 Å². The first kappa shape index (κ1) is 18.8. The molecule has 1 aromatic heterocycles. The van der Waals surface area contributed by atoms with Crippen LogP contribution < -0.4 is 10.9 Å². The standard InChI is InChI=1S/C20H23N3O4/c1-13-4-5-15(10-14(13)2)18(24)21-17-11-16(12-22(3)20(17)26)19(25)23-6-8-27-9-7-23/h4-5,10-12H,6-9H2,1-3H3,(H,21,24). The number of aryl methyl sites for hydroxylation is 3. The molecule has 1 aromatic carbocycles. The number of carbonyl (C=O) groups is 2. The van der Waals surface area contributed by atoms with Crippen LogP contribution in [0.15, 0.2) is 35.3 Å². The predicted octanol–water partition coefficient (Wildman–Crippen LogP) is 1.73. The summed E-state index contributed by atoms with van der Waals surface area (Å²) in [6.45, 7) is 5.89. The van der Waals surface area contributed by atoms with Crippen molar-refractivity contribution in [1.82, 2.24) is 9.47 Å². The molecule has 1 aliphatic rings. The van der Waals surface area contributed by atoms with Crippen molar-refractivity contribution in [2.75, 3.05) is 31.6 Å². The molecule has 142 valence electrons. The number of pyridine rings is 1. The number of anilines is 1. The lowest BCUT2D eigenvalue weighted by atomic mass is 10.1. The van der Waals surface area contributed by atoms with E-state index in [1.165, 1.54) is 16.8 Å². The molecule has 0 bridgehead atoms. The molecule has 2 heterocycles. The van der Waals surface area contributed by atoms with Crippen molar-refractivity contribution in [3.8, 4) is 0 Å². The minimum absolute atomic E-state index is 0.0832. The van der Waals surface area contributed by atoms with Crippen molar-refractivity contribution in [1.29, 1.82) is 0 Å². The summed E-state index contributed by atoms with van der Waals surface area (Å²) < 4.78 is 6.58. The lowest BCUT2D eigenvalue weighted by Crippen LogP contribution is -2.41. The number of rotatable bonds is 3. The van der Waals surface area contributed by atoms with E-state index in [4.69, 9.17) is 4.74 Å². The van der Waals surface area contributed by atoms with Gasteiger partial charge in [-0.25, -0.2) is 0 Å². The zero-order valence-corrected chi connectivity index (χ0v) is 15.7. The van der Waals surface area contributed by atoms with Gasteiger partial charge in [0.2, 0.25) is 0 Å². The molecule has 1 saturated heterocycles. The Morgan fingerprint density at radius 2 is 1.74 bits per heavy atom. The van der Waals surface area contributed by atoms with E-state index in [1.807, 2.05) is 19.9 Å². The molecule has 0 atom stereocenters. The van der Waals surface area contributed by atoms with Gasteiger partial charge in [-0.1, -0.05) is 6.07 Å².